The van der Waals surface area contributed by atoms with Crippen molar-refractivity contribution >= 4 is 0 Å². The van der Waals surface area contributed by atoms with Crippen LogP contribution < -0.4 is 0 Å². The number of hydrogen-bond donors (Lipinski definition) is 0. The van der Waals surface area contributed by atoms with E-state index in [1.807, 2.05) is 0 Å². The Hall–Kier alpha value is -1.21. The molecule has 28 heavy (non-hydrogen) atoms. The number of alkyl halides is 3. The van der Waals surface area contributed by atoms with Gasteiger partial charge in [-0.25, -0.2) is 8.78 Å². The Balaban J connectivity index is 1.55. The number of ether oxygens (including phenoxy) is 2. The first kappa shape index (κ1) is 21.5. The zero-order chi connectivity index (χ0) is 20.3. The molecule has 0 radical (unpaired) electrons. The van der Waals surface area contributed by atoms with Crippen LogP contribution in [0, 0.1) is 23.5 Å². The molecule has 158 valence electrons. The van der Waals surface area contributed by atoms with Gasteiger partial charge < -0.3 is 9.47 Å². The van der Waals surface area contributed by atoms with E-state index < -0.39 is 23.4 Å². The minimum Gasteiger partial charge on any atom is -0.352 e. The third-order valence-electron chi connectivity index (χ3n) is 5.93. The molecule has 1 saturated heterocycles. The first-order valence-electron chi connectivity index (χ1n) is 10.1. The zero-order valence-electron chi connectivity index (χ0n) is 16.0. The highest BCUT2D eigenvalue weighted by Gasteiger charge is 2.39. The second kappa shape index (κ2) is 9.08. The van der Waals surface area contributed by atoms with Crippen molar-refractivity contribution in [3.63, 3.8) is 0 Å². The van der Waals surface area contributed by atoms with Gasteiger partial charge in [0, 0.05) is 11.8 Å². The number of hydrogen-bond acceptors (Lipinski definition) is 2. The second-order valence-electron chi connectivity index (χ2n) is 8.01. The Bertz CT molecular complexity index is 622. The van der Waals surface area contributed by atoms with Crippen LogP contribution in [-0.4, -0.2) is 19.5 Å². The minimum atomic E-state index is -5.03. The highest BCUT2D eigenvalue weighted by molar-refractivity contribution is 5.30. The molecular formula is C21H27F5O2. The lowest BCUT2D eigenvalue weighted by atomic mass is 9.78. The fraction of sp³-hybridized carbons (Fsp3) is 0.714. The standard InChI is InChI=1S/C21H27F5O2/c1-2-3-4-13-11-27-20(28-12-13)15-7-5-14(6-8-15)16-9-17(22)19(18(23)10-16)21(24,25)26/h9-10,13-15,20H,2-8,11-12H2,1H3. The molecule has 3 rings (SSSR count). The summed E-state index contributed by atoms with van der Waals surface area (Å²) in [5.74, 6) is -2.58. The van der Waals surface area contributed by atoms with Crippen molar-refractivity contribution in [1.29, 1.82) is 0 Å². The molecule has 2 aliphatic rings. The van der Waals surface area contributed by atoms with E-state index in [2.05, 4.69) is 6.92 Å². The Morgan fingerprint density at radius 1 is 0.964 bits per heavy atom. The van der Waals surface area contributed by atoms with Crippen molar-refractivity contribution in [3.8, 4) is 0 Å². The molecule has 1 heterocycles. The van der Waals surface area contributed by atoms with Crippen LogP contribution in [0.4, 0.5) is 22.0 Å². The van der Waals surface area contributed by atoms with Crippen LogP contribution in [0.25, 0.3) is 0 Å². The quantitative estimate of drug-likeness (QED) is 0.524. The summed E-state index contributed by atoms with van der Waals surface area (Å²) in [5, 5.41) is 0. The molecule has 2 nitrogen and oxygen atoms in total. The Kier molecular flexibility index (Phi) is 6.97. The van der Waals surface area contributed by atoms with E-state index in [-0.39, 0.29) is 18.1 Å². The topological polar surface area (TPSA) is 18.5 Å². The summed E-state index contributed by atoms with van der Waals surface area (Å²) >= 11 is 0. The van der Waals surface area contributed by atoms with Gasteiger partial charge in [0.2, 0.25) is 0 Å². The summed E-state index contributed by atoms with van der Waals surface area (Å²) in [7, 11) is 0. The van der Waals surface area contributed by atoms with E-state index in [4.69, 9.17) is 9.47 Å². The van der Waals surface area contributed by atoms with E-state index in [0.717, 1.165) is 44.2 Å². The van der Waals surface area contributed by atoms with E-state index in [0.29, 0.717) is 37.5 Å². The Morgan fingerprint density at radius 3 is 2.04 bits per heavy atom. The van der Waals surface area contributed by atoms with E-state index in [1.54, 1.807) is 0 Å². The Labute approximate surface area is 162 Å². The monoisotopic (exact) mass is 406 g/mol. The lowest BCUT2D eigenvalue weighted by Gasteiger charge is -2.37. The number of benzene rings is 1. The average Bonchev–Trinajstić information content (AvgIpc) is 2.65. The van der Waals surface area contributed by atoms with Gasteiger partial charge in [-0.15, -0.1) is 0 Å². The SMILES string of the molecule is CCCCC1COC(C2CCC(c3cc(F)c(C(F)(F)F)c(F)c3)CC2)OC1. The molecule has 0 unspecified atom stereocenters. The maximum Gasteiger partial charge on any atom is 0.422 e. The maximum atomic E-state index is 13.9. The van der Waals surface area contributed by atoms with Crippen LogP contribution in [0.15, 0.2) is 12.1 Å². The third kappa shape index (κ3) is 5.03. The van der Waals surface area contributed by atoms with Gasteiger partial charge in [-0.05, 0) is 55.7 Å². The molecule has 0 N–H and O–H groups in total. The van der Waals surface area contributed by atoms with Gasteiger partial charge in [-0.3, -0.25) is 0 Å². The molecule has 1 aliphatic carbocycles. The van der Waals surface area contributed by atoms with Gasteiger partial charge in [0.25, 0.3) is 0 Å². The van der Waals surface area contributed by atoms with Crippen LogP contribution in [-0.2, 0) is 15.7 Å². The van der Waals surface area contributed by atoms with Gasteiger partial charge in [0.1, 0.15) is 17.2 Å². The van der Waals surface area contributed by atoms with Crippen LogP contribution in [0.5, 0.6) is 0 Å². The zero-order valence-corrected chi connectivity index (χ0v) is 16.0. The first-order chi connectivity index (χ1) is 13.3. The summed E-state index contributed by atoms with van der Waals surface area (Å²) in [6, 6.07) is 1.67. The highest BCUT2D eigenvalue weighted by atomic mass is 19.4. The summed E-state index contributed by atoms with van der Waals surface area (Å²) in [5.41, 5.74) is -1.52. The number of halogens is 5. The molecule has 1 aromatic rings. The molecule has 0 aromatic heterocycles. The predicted molar refractivity (Wildman–Crippen MR) is 94.8 cm³/mol. The lowest BCUT2D eigenvalue weighted by Crippen LogP contribution is -2.38. The molecule has 1 saturated carbocycles. The summed E-state index contributed by atoms with van der Waals surface area (Å²) < 4.78 is 77.7. The molecule has 7 heteroatoms. The summed E-state index contributed by atoms with van der Waals surface area (Å²) in [6.07, 6.45) is 0.950. The third-order valence-corrected chi connectivity index (χ3v) is 5.93. The molecule has 0 amide bonds. The summed E-state index contributed by atoms with van der Waals surface area (Å²) in [4.78, 5) is 0. The van der Waals surface area contributed by atoms with E-state index in [9.17, 15) is 22.0 Å². The van der Waals surface area contributed by atoms with Crippen molar-refractivity contribution in [2.75, 3.05) is 13.2 Å². The smallest absolute Gasteiger partial charge is 0.352 e. The fourth-order valence-corrected chi connectivity index (χ4v) is 4.31. The molecular weight excluding hydrogens is 379 g/mol. The Morgan fingerprint density at radius 2 is 1.54 bits per heavy atom. The van der Waals surface area contributed by atoms with E-state index in [1.165, 1.54) is 0 Å². The molecule has 1 aromatic carbocycles. The molecule has 0 bridgehead atoms. The number of unbranched alkanes of at least 4 members (excludes halogenated alkanes) is 1. The van der Waals surface area contributed by atoms with Crippen molar-refractivity contribution < 1.29 is 31.4 Å². The van der Waals surface area contributed by atoms with Crippen LogP contribution >= 0.6 is 0 Å². The van der Waals surface area contributed by atoms with E-state index >= 15 is 0 Å². The van der Waals surface area contributed by atoms with Crippen molar-refractivity contribution in [2.45, 2.75) is 70.3 Å². The van der Waals surface area contributed by atoms with Crippen molar-refractivity contribution in [2.24, 2.45) is 11.8 Å². The molecule has 0 spiro atoms. The van der Waals surface area contributed by atoms with Gasteiger partial charge in [0.05, 0.1) is 13.2 Å². The largest absolute Gasteiger partial charge is 0.422 e. The average molecular weight is 406 g/mol. The van der Waals surface area contributed by atoms with Crippen LogP contribution in [0.3, 0.4) is 0 Å². The van der Waals surface area contributed by atoms with Gasteiger partial charge in [-0.2, -0.15) is 13.2 Å². The first-order valence-corrected chi connectivity index (χ1v) is 10.1. The maximum absolute atomic E-state index is 13.9. The molecule has 0 atom stereocenters. The van der Waals surface area contributed by atoms with Crippen LogP contribution in [0.2, 0.25) is 0 Å². The van der Waals surface area contributed by atoms with Crippen molar-refractivity contribution in [1.82, 2.24) is 0 Å². The van der Waals surface area contributed by atoms with Gasteiger partial charge >= 0.3 is 6.18 Å². The summed E-state index contributed by atoms with van der Waals surface area (Å²) in [6.45, 7) is 3.54. The lowest BCUT2D eigenvalue weighted by molar-refractivity contribution is -0.229. The fourth-order valence-electron chi connectivity index (χ4n) is 4.31. The van der Waals surface area contributed by atoms with Gasteiger partial charge in [0.15, 0.2) is 6.29 Å². The second-order valence-corrected chi connectivity index (χ2v) is 8.01. The number of rotatable bonds is 5. The van der Waals surface area contributed by atoms with Crippen LogP contribution in [0.1, 0.15) is 68.9 Å². The molecule has 1 aliphatic heterocycles. The normalized spacial score (nSPS) is 29.1. The molecule has 2 fully saturated rings. The minimum absolute atomic E-state index is 0.150. The van der Waals surface area contributed by atoms with Gasteiger partial charge in [-0.1, -0.05) is 19.8 Å². The van der Waals surface area contributed by atoms with Crippen molar-refractivity contribution in [3.05, 3.63) is 34.9 Å². The highest BCUT2D eigenvalue weighted by Crippen LogP contribution is 2.41. The predicted octanol–water partition coefficient (Wildman–Crippen LogP) is 6.44.